The normalized spacial score (nSPS) is 19.6. The molecule has 1 atom stereocenters. The van der Waals surface area contributed by atoms with Crippen molar-refractivity contribution in [2.45, 2.75) is 32.2 Å². The van der Waals surface area contributed by atoms with Gasteiger partial charge in [0.1, 0.15) is 5.82 Å². The van der Waals surface area contributed by atoms with Crippen molar-refractivity contribution in [1.82, 2.24) is 4.90 Å². The van der Waals surface area contributed by atoms with E-state index in [1.807, 2.05) is 6.07 Å². The minimum atomic E-state index is -0.212. The first-order valence-corrected chi connectivity index (χ1v) is 7.84. The van der Waals surface area contributed by atoms with Gasteiger partial charge in [0, 0.05) is 17.1 Å². The van der Waals surface area contributed by atoms with Crippen LogP contribution < -0.4 is 5.73 Å². The summed E-state index contributed by atoms with van der Waals surface area (Å²) in [4.78, 5) is 2.43. The second-order valence-corrected chi connectivity index (χ2v) is 6.16. The predicted molar refractivity (Wildman–Crippen MR) is 80.5 cm³/mol. The number of nitrogens with zero attached hydrogens (tertiary/aromatic N) is 1. The Morgan fingerprint density at radius 1 is 1.42 bits per heavy atom. The largest absolute Gasteiger partial charge is 0.329 e. The highest BCUT2D eigenvalue weighted by atomic mass is 79.9. The summed E-state index contributed by atoms with van der Waals surface area (Å²) in [6.07, 6.45) is 3.75. The molecule has 1 aliphatic rings. The van der Waals surface area contributed by atoms with Gasteiger partial charge < -0.3 is 5.73 Å². The Morgan fingerprint density at radius 3 is 2.63 bits per heavy atom. The van der Waals surface area contributed by atoms with Crippen molar-refractivity contribution in [1.29, 1.82) is 0 Å². The van der Waals surface area contributed by atoms with Crippen LogP contribution >= 0.6 is 15.9 Å². The molecule has 1 fully saturated rings. The van der Waals surface area contributed by atoms with Gasteiger partial charge >= 0.3 is 0 Å². The molecule has 0 saturated carbocycles. The zero-order chi connectivity index (χ0) is 13.8. The minimum Gasteiger partial charge on any atom is -0.329 e. The van der Waals surface area contributed by atoms with Crippen molar-refractivity contribution >= 4 is 15.9 Å². The first kappa shape index (κ1) is 14.9. The molecule has 0 spiro atoms. The molecule has 1 aromatic rings. The van der Waals surface area contributed by atoms with E-state index in [1.54, 1.807) is 0 Å². The van der Waals surface area contributed by atoms with Crippen LogP contribution in [-0.4, -0.2) is 24.5 Å². The van der Waals surface area contributed by atoms with Gasteiger partial charge in [-0.15, -0.1) is 0 Å². The van der Waals surface area contributed by atoms with Crippen LogP contribution in [0, 0.1) is 11.7 Å². The lowest BCUT2D eigenvalue weighted by molar-refractivity contribution is 0.133. The fourth-order valence-corrected chi connectivity index (χ4v) is 3.53. The molecule has 106 valence electrons. The Balaban J connectivity index is 2.12. The first-order valence-electron chi connectivity index (χ1n) is 7.04. The molecular weight excluding hydrogens is 307 g/mol. The highest BCUT2D eigenvalue weighted by molar-refractivity contribution is 9.10. The van der Waals surface area contributed by atoms with E-state index in [9.17, 15) is 4.39 Å². The van der Waals surface area contributed by atoms with Gasteiger partial charge in [-0.25, -0.2) is 4.39 Å². The monoisotopic (exact) mass is 328 g/mol. The summed E-state index contributed by atoms with van der Waals surface area (Å²) < 4.78 is 14.0. The third-order valence-electron chi connectivity index (χ3n) is 4.21. The number of nitrogens with two attached hydrogens (primary N) is 1. The quantitative estimate of drug-likeness (QED) is 0.912. The zero-order valence-corrected chi connectivity index (χ0v) is 13.0. The highest BCUT2D eigenvalue weighted by Crippen LogP contribution is 2.31. The fraction of sp³-hybridized carbons (Fsp3) is 0.600. The Morgan fingerprint density at radius 2 is 2.11 bits per heavy atom. The van der Waals surface area contributed by atoms with Gasteiger partial charge in [0.2, 0.25) is 0 Å². The van der Waals surface area contributed by atoms with Crippen molar-refractivity contribution in [3.63, 3.8) is 0 Å². The molecular formula is C15H22BrFN2. The molecule has 2 nitrogen and oxygen atoms in total. The lowest BCUT2D eigenvalue weighted by atomic mass is 9.92. The molecule has 1 unspecified atom stereocenters. The number of likely N-dealkylation sites (tertiary alicyclic amines) is 1. The van der Waals surface area contributed by atoms with E-state index in [4.69, 9.17) is 5.73 Å². The summed E-state index contributed by atoms with van der Waals surface area (Å²) in [5, 5.41) is 0. The van der Waals surface area contributed by atoms with Gasteiger partial charge in [-0.3, -0.25) is 4.90 Å². The second kappa shape index (κ2) is 6.82. The van der Waals surface area contributed by atoms with Gasteiger partial charge in [0.25, 0.3) is 0 Å². The van der Waals surface area contributed by atoms with Gasteiger partial charge in [-0.1, -0.05) is 35.3 Å². The standard InChI is InChI=1S/C15H22BrFN2/c1-2-11-5-7-19(8-6-11)15(10-18)13-4-3-12(17)9-14(13)16/h3-4,9,11,15H,2,5-8,10,18H2,1H3. The van der Waals surface area contributed by atoms with E-state index >= 15 is 0 Å². The average Bonchev–Trinajstić information content (AvgIpc) is 2.42. The van der Waals surface area contributed by atoms with E-state index in [0.717, 1.165) is 29.0 Å². The molecule has 4 heteroatoms. The van der Waals surface area contributed by atoms with Crippen LogP contribution in [0.2, 0.25) is 0 Å². The summed E-state index contributed by atoms with van der Waals surface area (Å²) in [5.41, 5.74) is 7.05. The van der Waals surface area contributed by atoms with E-state index in [-0.39, 0.29) is 11.9 Å². The molecule has 0 amide bonds. The van der Waals surface area contributed by atoms with Crippen molar-refractivity contribution < 1.29 is 4.39 Å². The number of rotatable bonds is 4. The van der Waals surface area contributed by atoms with Crippen molar-refractivity contribution in [2.75, 3.05) is 19.6 Å². The first-order chi connectivity index (χ1) is 9.15. The molecule has 1 heterocycles. The molecule has 1 saturated heterocycles. The van der Waals surface area contributed by atoms with Crippen LogP contribution in [0.5, 0.6) is 0 Å². The second-order valence-electron chi connectivity index (χ2n) is 5.30. The van der Waals surface area contributed by atoms with Gasteiger partial charge in [-0.05, 0) is 49.5 Å². The molecule has 0 aliphatic carbocycles. The molecule has 0 radical (unpaired) electrons. The lowest BCUT2D eigenvalue weighted by Crippen LogP contribution is -2.39. The maximum Gasteiger partial charge on any atom is 0.124 e. The SMILES string of the molecule is CCC1CCN(C(CN)c2ccc(F)cc2Br)CC1. The molecule has 1 aliphatic heterocycles. The molecule has 19 heavy (non-hydrogen) atoms. The van der Waals surface area contributed by atoms with Crippen molar-refractivity contribution in [2.24, 2.45) is 11.7 Å². The van der Waals surface area contributed by atoms with E-state index in [0.29, 0.717) is 6.54 Å². The van der Waals surface area contributed by atoms with Gasteiger partial charge in [0.05, 0.1) is 0 Å². The van der Waals surface area contributed by atoms with Crippen LogP contribution in [-0.2, 0) is 0 Å². The molecule has 1 aromatic carbocycles. The maximum atomic E-state index is 13.2. The number of hydrogen-bond acceptors (Lipinski definition) is 2. The predicted octanol–water partition coefficient (Wildman–Crippen LogP) is 3.71. The summed E-state index contributed by atoms with van der Waals surface area (Å²) in [7, 11) is 0. The van der Waals surface area contributed by atoms with Gasteiger partial charge in [0.15, 0.2) is 0 Å². The third kappa shape index (κ3) is 3.56. The fourth-order valence-electron chi connectivity index (χ4n) is 2.92. The maximum absolute atomic E-state index is 13.2. The minimum absolute atomic E-state index is 0.188. The molecule has 0 aromatic heterocycles. The van der Waals surface area contributed by atoms with Crippen LogP contribution in [0.25, 0.3) is 0 Å². The van der Waals surface area contributed by atoms with Crippen LogP contribution in [0.4, 0.5) is 4.39 Å². The van der Waals surface area contributed by atoms with Crippen LogP contribution in [0.1, 0.15) is 37.8 Å². The summed E-state index contributed by atoms with van der Waals surface area (Å²) in [6.45, 7) is 5.01. The third-order valence-corrected chi connectivity index (χ3v) is 4.90. The molecule has 2 rings (SSSR count). The molecule has 2 N–H and O–H groups in total. The smallest absolute Gasteiger partial charge is 0.124 e. The number of hydrogen-bond donors (Lipinski definition) is 1. The number of piperidine rings is 1. The van der Waals surface area contributed by atoms with E-state index in [1.165, 1.54) is 31.4 Å². The highest BCUT2D eigenvalue weighted by Gasteiger charge is 2.25. The summed E-state index contributed by atoms with van der Waals surface area (Å²) in [6, 6.07) is 5.08. The lowest BCUT2D eigenvalue weighted by Gasteiger charge is -2.37. The Kier molecular flexibility index (Phi) is 5.37. The molecule has 0 bridgehead atoms. The van der Waals surface area contributed by atoms with Crippen molar-refractivity contribution in [3.05, 3.63) is 34.1 Å². The van der Waals surface area contributed by atoms with Crippen LogP contribution in [0.3, 0.4) is 0 Å². The van der Waals surface area contributed by atoms with E-state index < -0.39 is 0 Å². The number of halogens is 2. The summed E-state index contributed by atoms with van der Waals surface area (Å²) in [5.74, 6) is 0.641. The Labute approximate surface area is 123 Å². The van der Waals surface area contributed by atoms with Crippen LogP contribution in [0.15, 0.2) is 22.7 Å². The Hall–Kier alpha value is -0.450. The average molecular weight is 329 g/mol. The topological polar surface area (TPSA) is 29.3 Å². The number of benzene rings is 1. The van der Waals surface area contributed by atoms with Crippen molar-refractivity contribution in [3.8, 4) is 0 Å². The Bertz CT molecular complexity index is 417. The van der Waals surface area contributed by atoms with Gasteiger partial charge in [-0.2, -0.15) is 0 Å². The zero-order valence-electron chi connectivity index (χ0n) is 11.4. The van der Waals surface area contributed by atoms with E-state index in [2.05, 4.69) is 27.8 Å². The summed E-state index contributed by atoms with van der Waals surface area (Å²) >= 11 is 3.46.